The molecule has 0 saturated heterocycles. The number of nitrogens with two attached hydrogens (primary N) is 1. The molecule has 2 N–H and O–H groups in total. The zero-order valence-electron chi connectivity index (χ0n) is 11.8. The number of likely N-dealkylation sites (N-methyl/N-ethyl adjacent to an activating group) is 2. The first-order valence-electron chi connectivity index (χ1n) is 6.26. The number of hydrogen-bond acceptors (Lipinski definition) is 3. The minimum Gasteiger partial charge on any atom is -0.329 e. The number of benzene rings is 1. The van der Waals surface area contributed by atoms with E-state index in [0.717, 1.165) is 17.6 Å². The molecule has 1 rings (SSSR count). The van der Waals surface area contributed by atoms with Gasteiger partial charge >= 0.3 is 0 Å². The second kappa shape index (κ2) is 7.24. The third-order valence-corrected chi connectivity index (χ3v) is 3.86. The lowest BCUT2D eigenvalue weighted by Crippen LogP contribution is -2.35. The van der Waals surface area contributed by atoms with Crippen LogP contribution in [0.1, 0.15) is 17.2 Å². The summed E-state index contributed by atoms with van der Waals surface area (Å²) in [4.78, 5) is 4.50. The molecule has 1 unspecified atom stereocenters. The summed E-state index contributed by atoms with van der Waals surface area (Å²) in [5.74, 6) is 0. The van der Waals surface area contributed by atoms with Crippen molar-refractivity contribution in [3.63, 3.8) is 0 Å². The van der Waals surface area contributed by atoms with Gasteiger partial charge in [0, 0.05) is 30.1 Å². The molecule has 0 aliphatic carbocycles. The zero-order valence-corrected chi connectivity index (χ0v) is 13.4. The van der Waals surface area contributed by atoms with E-state index >= 15 is 0 Å². The average Bonchev–Trinajstić information content (AvgIpc) is 2.30. The van der Waals surface area contributed by atoms with Gasteiger partial charge in [-0.15, -0.1) is 0 Å². The molecule has 1 aromatic rings. The first kappa shape index (κ1) is 15.6. The Balaban J connectivity index is 2.81. The van der Waals surface area contributed by atoms with Crippen LogP contribution in [0.15, 0.2) is 22.7 Å². The minimum atomic E-state index is 0.264. The number of hydrogen-bond donors (Lipinski definition) is 1. The third kappa shape index (κ3) is 4.35. The zero-order chi connectivity index (χ0) is 13.7. The average molecular weight is 314 g/mol. The molecule has 0 aliphatic rings. The van der Waals surface area contributed by atoms with Crippen LogP contribution < -0.4 is 5.73 Å². The normalized spacial score (nSPS) is 13.3. The predicted molar refractivity (Wildman–Crippen MR) is 81.9 cm³/mol. The van der Waals surface area contributed by atoms with E-state index < -0.39 is 0 Å². The van der Waals surface area contributed by atoms with Crippen molar-refractivity contribution in [2.24, 2.45) is 5.73 Å². The van der Waals surface area contributed by atoms with Gasteiger partial charge in [-0.2, -0.15) is 0 Å². The highest BCUT2D eigenvalue weighted by Gasteiger charge is 2.17. The Morgan fingerprint density at radius 1 is 1.22 bits per heavy atom. The topological polar surface area (TPSA) is 32.5 Å². The van der Waals surface area contributed by atoms with Crippen molar-refractivity contribution in [2.45, 2.75) is 13.0 Å². The van der Waals surface area contributed by atoms with Gasteiger partial charge in [-0.25, -0.2) is 0 Å². The second-order valence-electron chi connectivity index (χ2n) is 5.06. The summed E-state index contributed by atoms with van der Waals surface area (Å²) in [5.41, 5.74) is 8.47. The molecule has 0 saturated carbocycles. The van der Waals surface area contributed by atoms with E-state index in [2.05, 4.69) is 72.0 Å². The first-order chi connectivity index (χ1) is 8.45. The number of nitrogens with zero attached hydrogens (tertiary/aromatic N) is 2. The fourth-order valence-corrected chi connectivity index (χ4v) is 2.72. The number of aryl methyl sites for hydroxylation is 1. The standard InChI is InChI=1S/C14H24BrN3/c1-11-5-6-12(13(15)9-11)14(10-16)18(4)8-7-17(2)3/h5-6,9,14H,7-8,10,16H2,1-4H3. The van der Waals surface area contributed by atoms with Gasteiger partial charge in [0.25, 0.3) is 0 Å². The van der Waals surface area contributed by atoms with Gasteiger partial charge in [0.2, 0.25) is 0 Å². The lowest BCUT2D eigenvalue weighted by atomic mass is 10.0. The molecule has 0 fully saturated rings. The lowest BCUT2D eigenvalue weighted by Gasteiger charge is -2.29. The van der Waals surface area contributed by atoms with Crippen LogP contribution in [0, 0.1) is 6.92 Å². The summed E-state index contributed by atoms with van der Waals surface area (Å²) in [5, 5.41) is 0. The van der Waals surface area contributed by atoms with E-state index in [1.165, 1.54) is 11.1 Å². The summed E-state index contributed by atoms with van der Waals surface area (Å²) in [6.45, 7) is 4.78. The molecule has 0 amide bonds. The molecule has 102 valence electrons. The predicted octanol–water partition coefficient (Wildman–Crippen LogP) is 2.25. The van der Waals surface area contributed by atoms with Crippen LogP contribution in [0.25, 0.3) is 0 Å². The molecule has 0 aliphatic heterocycles. The highest BCUT2D eigenvalue weighted by Crippen LogP contribution is 2.27. The van der Waals surface area contributed by atoms with Crippen LogP contribution in [0.5, 0.6) is 0 Å². The summed E-state index contributed by atoms with van der Waals surface area (Å²) in [7, 11) is 6.31. The third-order valence-electron chi connectivity index (χ3n) is 3.17. The molecule has 1 aromatic carbocycles. The Morgan fingerprint density at radius 2 is 1.89 bits per heavy atom. The summed E-state index contributed by atoms with van der Waals surface area (Å²) < 4.78 is 1.15. The molecule has 0 aromatic heterocycles. The van der Waals surface area contributed by atoms with Gasteiger partial charge in [0.05, 0.1) is 0 Å². The molecular weight excluding hydrogens is 290 g/mol. The Labute approximate surface area is 119 Å². The van der Waals surface area contributed by atoms with Crippen LogP contribution >= 0.6 is 15.9 Å². The van der Waals surface area contributed by atoms with Gasteiger partial charge < -0.3 is 10.6 Å². The quantitative estimate of drug-likeness (QED) is 0.874. The molecule has 18 heavy (non-hydrogen) atoms. The number of rotatable bonds is 6. The molecule has 0 heterocycles. The maximum absolute atomic E-state index is 5.94. The molecule has 1 atom stereocenters. The van der Waals surface area contributed by atoms with Crippen LogP contribution in [-0.2, 0) is 0 Å². The Bertz CT molecular complexity index is 379. The van der Waals surface area contributed by atoms with Crippen LogP contribution in [0.4, 0.5) is 0 Å². The van der Waals surface area contributed by atoms with E-state index in [9.17, 15) is 0 Å². The second-order valence-corrected chi connectivity index (χ2v) is 5.91. The Morgan fingerprint density at radius 3 is 2.39 bits per heavy atom. The van der Waals surface area contributed by atoms with Crippen molar-refractivity contribution in [2.75, 3.05) is 40.8 Å². The van der Waals surface area contributed by atoms with E-state index in [4.69, 9.17) is 5.73 Å². The van der Waals surface area contributed by atoms with Gasteiger partial charge in [-0.3, -0.25) is 4.90 Å². The highest BCUT2D eigenvalue weighted by molar-refractivity contribution is 9.10. The first-order valence-corrected chi connectivity index (χ1v) is 7.06. The molecule has 3 nitrogen and oxygen atoms in total. The molecular formula is C14H24BrN3. The molecule has 0 bridgehead atoms. The largest absolute Gasteiger partial charge is 0.329 e. The van der Waals surface area contributed by atoms with Crippen LogP contribution in [0.2, 0.25) is 0 Å². The highest BCUT2D eigenvalue weighted by atomic mass is 79.9. The van der Waals surface area contributed by atoms with Crippen LogP contribution in [-0.4, -0.2) is 50.6 Å². The fraction of sp³-hybridized carbons (Fsp3) is 0.571. The maximum atomic E-state index is 5.94. The fourth-order valence-electron chi connectivity index (χ4n) is 1.96. The van der Waals surface area contributed by atoms with Crippen molar-refractivity contribution in [1.29, 1.82) is 0 Å². The van der Waals surface area contributed by atoms with E-state index in [1.54, 1.807) is 0 Å². The van der Waals surface area contributed by atoms with Crippen LogP contribution in [0.3, 0.4) is 0 Å². The molecule has 4 heteroatoms. The lowest BCUT2D eigenvalue weighted by molar-refractivity contribution is 0.222. The van der Waals surface area contributed by atoms with E-state index in [0.29, 0.717) is 6.54 Å². The van der Waals surface area contributed by atoms with Crippen molar-refractivity contribution in [3.05, 3.63) is 33.8 Å². The molecule has 0 spiro atoms. The van der Waals surface area contributed by atoms with E-state index in [1.807, 2.05) is 0 Å². The van der Waals surface area contributed by atoms with Crippen molar-refractivity contribution < 1.29 is 0 Å². The van der Waals surface area contributed by atoms with E-state index in [-0.39, 0.29) is 6.04 Å². The molecule has 0 radical (unpaired) electrons. The summed E-state index contributed by atoms with van der Waals surface area (Å²) in [6, 6.07) is 6.73. The number of halogens is 1. The van der Waals surface area contributed by atoms with Crippen molar-refractivity contribution >= 4 is 15.9 Å². The van der Waals surface area contributed by atoms with Gasteiger partial charge in [0.1, 0.15) is 0 Å². The van der Waals surface area contributed by atoms with Gasteiger partial charge in [0.15, 0.2) is 0 Å². The van der Waals surface area contributed by atoms with Gasteiger partial charge in [-0.1, -0.05) is 28.1 Å². The summed E-state index contributed by atoms with van der Waals surface area (Å²) >= 11 is 3.64. The Hall–Kier alpha value is -0.420. The monoisotopic (exact) mass is 313 g/mol. The maximum Gasteiger partial charge on any atom is 0.0479 e. The van der Waals surface area contributed by atoms with Crippen molar-refractivity contribution in [1.82, 2.24) is 9.80 Å². The van der Waals surface area contributed by atoms with Gasteiger partial charge in [-0.05, 0) is 45.3 Å². The Kier molecular flexibility index (Phi) is 6.29. The summed E-state index contributed by atoms with van der Waals surface area (Å²) in [6.07, 6.45) is 0. The SMILES string of the molecule is Cc1ccc(C(CN)N(C)CCN(C)C)c(Br)c1. The minimum absolute atomic E-state index is 0.264. The van der Waals surface area contributed by atoms with Crippen molar-refractivity contribution in [3.8, 4) is 0 Å². The smallest absolute Gasteiger partial charge is 0.0479 e.